The molecule has 8 heteroatoms. The second-order valence-electron chi connectivity index (χ2n) is 11.3. The molecule has 4 heterocycles. The van der Waals surface area contributed by atoms with Gasteiger partial charge in [-0.05, 0) is 82.6 Å². The van der Waals surface area contributed by atoms with E-state index in [-0.39, 0.29) is 0 Å². The molecule has 4 aromatic rings. The van der Waals surface area contributed by atoms with E-state index < -0.39 is 0 Å². The van der Waals surface area contributed by atoms with Gasteiger partial charge in [0, 0.05) is 77.1 Å². The highest BCUT2D eigenvalue weighted by Gasteiger charge is 2.08. The lowest BCUT2D eigenvalue weighted by Gasteiger charge is -2.22. The summed E-state index contributed by atoms with van der Waals surface area (Å²) in [6, 6.07) is 22.4. The fraction of sp³-hybridized carbons (Fsp3) is 0.429. The Hall–Kier alpha value is -3.56. The lowest BCUT2D eigenvalue weighted by molar-refractivity contribution is 0.243. The quantitative estimate of drug-likeness (QED) is 0.182. The Morgan fingerprint density at radius 3 is 1.23 bits per heavy atom. The summed E-state index contributed by atoms with van der Waals surface area (Å²) in [5.41, 5.74) is 5.94. The van der Waals surface area contributed by atoms with Crippen LogP contribution in [0.1, 0.15) is 41.7 Å². The van der Waals surface area contributed by atoms with Gasteiger partial charge in [0.25, 0.3) is 0 Å². The molecule has 8 nitrogen and oxygen atoms in total. The SMILES string of the molecule is CCCc1cccnc1CN(C)CCN(C)Cc1ccccn1.CN(CCN(C)Cc1ccccn1)Cc1ccccn1. The maximum absolute atomic E-state index is 4.57. The Kier molecular flexibility index (Phi) is 15.5. The van der Waals surface area contributed by atoms with Crippen molar-refractivity contribution in [3.8, 4) is 0 Å². The molecule has 0 aliphatic heterocycles. The van der Waals surface area contributed by atoms with Crippen molar-refractivity contribution in [2.45, 2.75) is 45.9 Å². The zero-order chi connectivity index (χ0) is 30.7. The Morgan fingerprint density at radius 2 is 0.860 bits per heavy atom. The minimum Gasteiger partial charge on any atom is -0.299 e. The lowest BCUT2D eigenvalue weighted by atomic mass is 10.1. The molecule has 43 heavy (non-hydrogen) atoms. The molecule has 0 amide bonds. The molecule has 4 aromatic heterocycles. The first kappa shape index (κ1) is 33.9. The normalized spacial score (nSPS) is 11.3. The number of rotatable bonds is 16. The van der Waals surface area contributed by atoms with Gasteiger partial charge >= 0.3 is 0 Å². The van der Waals surface area contributed by atoms with Crippen LogP contribution in [0, 0.1) is 0 Å². The molecule has 0 N–H and O–H groups in total. The zero-order valence-electron chi connectivity index (χ0n) is 26.8. The monoisotopic (exact) mass is 582 g/mol. The van der Waals surface area contributed by atoms with Gasteiger partial charge < -0.3 is 0 Å². The van der Waals surface area contributed by atoms with E-state index in [1.807, 2.05) is 67.3 Å². The number of hydrogen-bond donors (Lipinski definition) is 0. The molecule has 0 atom stereocenters. The summed E-state index contributed by atoms with van der Waals surface area (Å²) < 4.78 is 0. The van der Waals surface area contributed by atoms with E-state index in [9.17, 15) is 0 Å². The van der Waals surface area contributed by atoms with Crippen molar-refractivity contribution in [3.63, 3.8) is 0 Å². The molecule has 0 unspecified atom stereocenters. The van der Waals surface area contributed by atoms with E-state index in [0.717, 1.165) is 82.3 Å². The highest BCUT2D eigenvalue weighted by molar-refractivity contribution is 5.19. The van der Waals surface area contributed by atoms with Crippen molar-refractivity contribution in [2.75, 3.05) is 54.4 Å². The summed E-state index contributed by atoms with van der Waals surface area (Å²) in [6.07, 6.45) is 9.71. The van der Waals surface area contributed by atoms with Gasteiger partial charge in [-0.3, -0.25) is 39.5 Å². The standard InChI is InChI=1S/C19H28N4.C16H22N4/c1-4-8-17-9-7-12-21-19(17)16-23(3)14-13-22(2)15-18-10-5-6-11-20-18;1-19(13-15-7-3-5-9-17-15)11-12-20(2)14-16-8-4-6-10-18-16/h5-7,9-12H,4,8,13-16H2,1-3H3;3-10H,11-14H2,1-2H3. The Labute approximate surface area is 259 Å². The first-order valence-corrected chi connectivity index (χ1v) is 15.3. The van der Waals surface area contributed by atoms with E-state index in [1.165, 1.54) is 11.3 Å². The van der Waals surface area contributed by atoms with Gasteiger partial charge in [0.05, 0.1) is 22.8 Å². The maximum atomic E-state index is 4.57. The van der Waals surface area contributed by atoms with Gasteiger partial charge in [0.2, 0.25) is 0 Å². The van der Waals surface area contributed by atoms with Crippen molar-refractivity contribution in [3.05, 3.63) is 120 Å². The predicted molar refractivity (Wildman–Crippen MR) is 176 cm³/mol. The van der Waals surface area contributed by atoms with Crippen molar-refractivity contribution in [1.82, 2.24) is 39.5 Å². The van der Waals surface area contributed by atoms with E-state index in [1.54, 1.807) is 0 Å². The smallest absolute Gasteiger partial charge is 0.0575 e. The predicted octanol–water partition coefficient (Wildman–Crippen LogP) is 5.03. The number of pyridine rings is 4. The average molecular weight is 583 g/mol. The van der Waals surface area contributed by atoms with Gasteiger partial charge in [-0.1, -0.05) is 37.6 Å². The average Bonchev–Trinajstić information content (AvgIpc) is 3.02. The van der Waals surface area contributed by atoms with Crippen LogP contribution >= 0.6 is 0 Å². The van der Waals surface area contributed by atoms with Crippen LogP contribution in [-0.2, 0) is 32.6 Å². The van der Waals surface area contributed by atoms with Gasteiger partial charge in [-0.2, -0.15) is 0 Å². The van der Waals surface area contributed by atoms with Crippen LogP contribution in [0.2, 0.25) is 0 Å². The first-order chi connectivity index (χ1) is 20.9. The second kappa shape index (κ2) is 19.6. The molecule has 0 saturated heterocycles. The van der Waals surface area contributed by atoms with Crippen LogP contribution in [0.5, 0.6) is 0 Å². The van der Waals surface area contributed by atoms with E-state index in [2.05, 4.69) is 98.9 Å². The van der Waals surface area contributed by atoms with Crippen molar-refractivity contribution in [2.24, 2.45) is 0 Å². The molecule has 0 spiro atoms. The molecule has 0 saturated carbocycles. The Balaban J connectivity index is 0.000000238. The minimum absolute atomic E-state index is 0.887. The van der Waals surface area contributed by atoms with E-state index in [0.29, 0.717) is 0 Å². The molecule has 0 aromatic carbocycles. The number of likely N-dealkylation sites (N-methyl/N-ethyl adjacent to an activating group) is 4. The third kappa shape index (κ3) is 14.0. The molecule has 0 bridgehead atoms. The highest BCUT2D eigenvalue weighted by atomic mass is 15.2. The molecule has 0 aliphatic rings. The fourth-order valence-corrected chi connectivity index (χ4v) is 4.67. The molecular formula is C35H50N8. The summed E-state index contributed by atoms with van der Waals surface area (Å²) >= 11 is 0. The minimum atomic E-state index is 0.887. The molecule has 4 rings (SSSR count). The number of nitrogens with zero attached hydrogens (tertiary/aromatic N) is 8. The van der Waals surface area contributed by atoms with Gasteiger partial charge in [-0.15, -0.1) is 0 Å². The molecule has 0 fully saturated rings. The number of aromatic nitrogens is 4. The van der Waals surface area contributed by atoms with Gasteiger partial charge in [-0.25, -0.2) is 0 Å². The number of hydrogen-bond acceptors (Lipinski definition) is 8. The largest absolute Gasteiger partial charge is 0.299 e. The van der Waals surface area contributed by atoms with Gasteiger partial charge in [0.1, 0.15) is 0 Å². The van der Waals surface area contributed by atoms with E-state index >= 15 is 0 Å². The first-order valence-electron chi connectivity index (χ1n) is 15.3. The summed E-state index contributed by atoms with van der Waals surface area (Å²) in [4.78, 5) is 26.9. The molecule has 0 aliphatic carbocycles. The summed E-state index contributed by atoms with van der Waals surface area (Å²) in [7, 11) is 8.57. The van der Waals surface area contributed by atoms with Gasteiger partial charge in [0.15, 0.2) is 0 Å². The Morgan fingerprint density at radius 1 is 0.465 bits per heavy atom. The highest BCUT2D eigenvalue weighted by Crippen LogP contribution is 2.10. The van der Waals surface area contributed by atoms with E-state index in [4.69, 9.17) is 0 Å². The zero-order valence-corrected chi connectivity index (χ0v) is 26.8. The summed E-state index contributed by atoms with van der Waals surface area (Å²) in [5, 5.41) is 0. The molecule has 0 radical (unpaired) electrons. The van der Waals surface area contributed by atoms with Crippen LogP contribution in [0.3, 0.4) is 0 Å². The maximum Gasteiger partial charge on any atom is 0.0575 e. The third-order valence-electron chi connectivity index (χ3n) is 7.12. The van der Waals surface area contributed by atoms with Crippen LogP contribution < -0.4 is 0 Å². The topological polar surface area (TPSA) is 64.5 Å². The van der Waals surface area contributed by atoms with Crippen LogP contribution in [0.15, 0.2) is 91.5 Å². The van der Waals surface area contributed by atoms with Crippen molar-refractivity contribution in [1.29, 1.82) is 0 Å². The van der Waals surface area contributed by atoms with Crippen LogP contribution in [0.4, 0.5) is 0 Å². The molecular weight excluding hydrogens is 532 g/mol. The number of aryl methyl sites for hydroxylation is 1. The summed E-state index contributed by atoms with van der Waals surface area (Å²) in [6.45, 7) is 9.85. The van der Waals surface area contributed by atoms with Crippen LogP contribution in [0.25, 0.3) is 0 Å². The lowest BCUT2D eigenvalue weighted by Crippen LogP contribution is -2.31. The third-order valence-corrected chi connectivity index (χ3v) is 7.12. The second-order valence-corrected chi connectivity index (χ2v) is 11.3. The fourth-order valence-electron chi connectivity index (χ4n) is 4.67. The summed E-state index contributed by atoms with van der Waals surface area (Å²) in [5.74, 6) is 0. The molecule has 230 valence electrons. The van der Waals surface area contributed by atoms with Crippen molar-refractivity contribution >= 4 is 0 Å². The van der Waals surface area contributed by atoms with Crippen LogP contribution in [-0.4, -0.2) is 93.9 Å². The van der Waals surface area contributed by atoms with Crippen molar-refractivity contribution < 1.29 is 0 Å². The Bertz CT molecular complexity index is 1210.